The Morgan fingerprint density at radius 2 is 1.81 bits per heavy atom. The van der Waals surface area contributed by atoms with E-state index in [-0.39, 0.29) is 18.4 Å². The topological polar surface area (TPSA) is 158 Å². The van der Waals surface area contributed by atoms with Crippen LogP contribution in [-0.2, 0) is 21.4 Å². The van der Waals surface area contributed by atoms with E-state index in [1.807, 2.05) is 24.3 Å². The number of benzene rings is 1. The molecule has 5 heterocycles. The molecule has 0 saturated heterocycles. The van der Waals surface area contributed by atoms with Gasteiger partial charge in [0.1, 0.15) is 11.5 Å². The minimum atomic E-state index is -3.44. The highest BCUT2D eigenvalue weighted by molar-refractivity contribution is 7.88. The van der Waals surface area contributed by atoms with E-state index < -0.39 is 15.8 Å². The van der Waals surface area contributed by atoms with Crippen molar-refractivity contribution in [3.8, 4) is 33.9 Å². The Morgan fingerprint density at radius 3 is 2.63 bits per heavy atom. The number of nitrogens with one attached hydrogen (secondary N) is 4. The zero-order chi connectivity index (χ0) is 29.7. The van der Waals surface area contributed by atoms with Crippen molar-refractivity contribution in [3.05, 3.63) is 78.6 Å². The molecule has 1 amide bonds. The summed E-state index contributed by atoms with van der Waals surface area (Å²) in [7, 11) is -3.44. The number of hydrogen-bond acceptors (Lipinski definition) is 7. The molecule has 11 nitrogen and oxygen atoms in total. The molecule has 0 aliphatic heterocycles. The smallest absolute Gasteiger partial charge is 0.227 e. The molecule has 0 atom stereocenters. The molecule has 13 heteroatoms. The maximum absolute atomic E-state index is 14.6. The van der Waals surface area contributed by atoms with Crippen LogP contribution in [0.25, 0.3) is 55.7 Å². The molecule has 0 radical (unpaired) electrons. The first-order chi connectivity index (χ1) is 20.7. The zero-order valence-electron chi connectivity index (χ0n) is 22.8. The largest absolute Gasteiger partial charge is 0.353 e. The summed E-state index contributed by atoms with van der Waals surface area (Å²) in [6.45, 7) is -0.0428. The third-order valence-electron chi connectivity index (χ3n) is 7.27. The summed E-state index contributed by atoms with van der Waals surface area (Å²) in [5, 5.41) is 12.1. The third kappa shape index (κ3) is 5.59. The van der Waals surface area contributed by atoms with Crippen molar-refractivity contribution >= 4 is 43.4 Å². The Bertz CT molecular complexity index is 2150. The summed E-state index contributed by atoms with van der Waals surface area (Å²) < 4.78 is 40.1. The van der Waals surface area contributed by atoms with Crippen molar-refractivity contribution in [1.29, 1.82) is 0 Å². The molecule has 0 bridgehead atoms. The van der Waals surface area contributed by atoms with E-state index >= 15 is 0 Å². The summed E-state index contributed by atoms with van der Waals surface area (Å²) in [6.07, 6.45) is 9.52. The predicted molar refractivity (Wildman–Crippen MR) is 161 cm³/mol. The fourth-order valence-electron chi connectivity index (χ4n) is 5.03. The molecule has 5 aromatic heterocycles. The molecule has 0 spiro atoms. The fourth-order valence-corrected chi connectivity index (χ4v) is 5.46. The second-order valence-electron chi connectivity index (χ2n) is 10.7. The van der Waals surface area contributed by atoms with Crippen LogP contribution in [0.2, 0.25) is 0 Å². The maximum Gasteiger partial charge on any atom is 0.227 e. The first-order valence-corrected chi connectivity index (χ1v) is 15.4. The highest BCUT2D eigenvalue weighted by Gasteiger charge is 2.29. The fraction of sp³-hybridized carbons (Fsp3) is 0.167. The van der Waals surface area contributed by atoms with Crippen LogP contribution < -0.4 is 10.0 Å². The van der Waals surface area contributed by atoms with Gasteiger partial charge < -0.3 is 10.3 Å². The third-order valence-corrected chi connectivity index (χ3v) is 7.94. The molecule has 4 N–H and O–H groups in total. The van der Waals surface area contributed by atoms with Gasteiger partial charge in [0.15, 0.2) is 0 Å². The molecule has 216 valence electrons. The van der Waals surface area contributed by atoms with Crippen molar-refractivity contribution < 1.29 is 17.6 Å². The van der Waals surface area contributed by atoms with E-state index in [9.17, 15) is 17.6 Å². The van der Waals surface area contributed by atoms with E-state index in [0.717, 1.165) is 46.5 Å². The van der Waals surface area contributed by atoms with E-state index in [2.05, 4.69) is 40.2 Å². The lowest BCUT2D eigenvalue weighted by molar-refractivity contribution is -0.117. The maximum atomic E-state index is 14.6. The Hall–Kier alpha value is -5.01. The van der Waals surface area contributed by atoms with Gasteiger partial charge in [0.05, 0.1) is 46.9 Å². The minimum absolute atomic E-state index is 0.00666. The van der Waals surface area contributed by atoms with Crippen LogP contribution in [0.1, 0.15) is 18.4 Å². The molecule has 0 unspecified atom stereocenters. The minimum Gasteiger partial charge on any atom is -0.353 e. The lowest BCUT2D eigenvalue weighted by atomic mass is 10.0. The van der Waals surface area contributed by atoms with Gasteiger partial charge in [0, 0.05) is 52.3 Å². The number of rotatable bonds is 8. The van der Waals surface area contributed by atoms with Crippen LogP contribution >= 0.6 is 0 Å². The van der Waals surface area contributed by atoms with Crippen LogP contribution in [0.5, 0.6) is 0 Å². The summed E-state index contributed by atoms with van der Waals surface area (Å²) in [6, 6.07) is 11.9. The highest BCUT2D eigenvalue weighted by atomic mass is 32.2. The standard InChI is InChI=1S/C30H25FN8O3S/c1-43(41,42)35-12-16-6-18(8-20(31)7-16)28-22-11-26(37-24(22)4-5-33-28)29-23-10-25(34-15-27(23)38-39-29)19-9-21(14-32-13-19)36-30(40)17-2-3-17/h4-11,13-15,17,35,37H,2-3,12H2,1H3,(H,36,40)(H,38,39). The lowest BCUT2D eigenvalue weighted by Crippen LogP contribution is -2.21. The van der Waals surface area contributed by atoms with Gasteiger partial charge in [-0.25, -0.2) is 17.5 Å². The number of aromatic nitrogens is 6. The van der Waals surface area contributed by atoms with Crippen molar-refractivity contribution in [2.45, 2.75) is 19.4 Å². The summed E-state index contributed by atoms with van der Waals surface area (Å²) in [4.78, 5) is 29.0. The van der Waals surface area contributed by atoms with E-state index in [4.69, 9.17) is 0 Å². The zero-order valence-corrected chi connectivity index (χ0v) is 23.7. The number of fused-ring (bicyclic) bond motifs is 2. The van der Waals surface area contributed by atoms with Gasteiger partial charge >= 0.3 is 0 Å². The number of pyridine rings is 3. The highest BCUT2D eigenvalue weighted by Crippen LogP contribution is 2.35. The van der Waals surface area contributed by atoms with Crippen molar-refractivity contribution in [2.75, 3.05) is 11.6 Å². The van der Waals surface area contributed by atoms with Gasteiger partial charge in [0.25, 0.3) is 0 Å². The first kappa shape index (κ1) is 26.9. The predicted octanol–water partition coefficient (Wildman–Crippen LogP) is 4.77. The van der Waals surface area contributed by atoms with E-state index in [1.165, 1.54) is 12.1 Å². The van der Waals surface area contributed by atoms with Crippen LogP contribution in [0.15, 0.2) is 67.3 Å². The normalized spacial score (nSPS) is 13.5. The number of hydrogen-bond donors (Lipinski definition) is 4. The van der Waals surface area contributed by atoms with Gasteiger partial charge in [-0.3, -0.25) is 24.8 Å². The molecular formula is C30H25FN8O3S. The SMILES string of the molecule is CS(=O)(=O)NCc1cc(F)cc(-c2nccc3[nH]c(-c4n[nH]c5cnc(-c6cncc(NC(=O)C7CC7)c6)cc45)cc23)c1. The molecule has 43 heavy (non-hydrogen) atoms. The van der Waals surface area contributed by atoms with Gasteiger partial charge in [-0.2, -0.15) is 5.10 Å². The average molecular weight is 597 g/mol. The second-order valence-corrected chi connectivity index (χ2v) is 12.5. The Kier molecular flexibility index (Phi) is 6.47. The van der Waals surface area contributed by atoms with Crippen LogP contribution in [0.4, 0.5) is 10.1 Å². The first-order valence-electron chi connectivity index (χ1n) is 13.5. The summed E-state index contributed by atoms with van der Waals surface area (Å²) >= 11 is 0. The Morgan fingerprint density at radius 1 is 0.977 bits per heavy atom. The molecule has 1 fully saturated rings. The summed E-state index contributed by atoms with van der Waals surface area (Å²) in [5.74, 6) is -0.410. The molecular weight excluding hydrogens is 571 g/mol. The molecule has 1 aliphatic carbocycles. The summed E-state index contributed by atoms with van der Waals surface area (Å²) in [5.41, 5.74) is 6.43. The number of amides is 1. The van der Waals surface area contributed by atoms with Crippen LogP contribution in [-0.4, -0.2) is 50.7 Å². The number of anilines is 1. The quantitative estimate of drug-likeness (QED) is 0.197. The molecule has 7 rings (SSSR count). The number of aromatic amines is 2. The van der Waals surface area contributed by atoms with Gasteiger partial charge in [0.2, 0.25) is 15.9 Å². The number of H-pyrrole nitrogens is 2. The number of carbonyl (C=O) groups is 1. The number of nitrogens with zero attached hydrogens (tertiary/aromatic N) is 4. The van der Waals surface area contributed by atoms with E-state index in [0.29, 0.717) is 39.6 Å². The average Bonchev–Trinajstić information content (AvgIpc) is 3.61. The van der Waals surface area contributed by atoms with E-state index in [1.54, 1.807) is 30.9 Å². The molecule has 1 saturated carbocycles. The van der Waals surface area contributed by atoms with Crippen molar-refractivity contribution in [1.82, 2.24) is 34.9 Å². The molecule has 6 aromatic rings. The van der Waals surface area contributed by atoms with Crippen molar-refractivity contribution in [3.63, 3.8) is 0 Å². The van der Waals surface area contributed by atoms with Gasteiger partial charge in [-0.15, -0.1) is 0 Å². The Labute approximate surface area is 245 Å². The number of carbonyl (C=O) groups excluding carboxylic acids is 1. The number of sulfonamides is 1. The Balaban J connectivity index is 1.25. The van der Waals surface area contributed by atoms with Crippen LogP contribution in [0.3, 0.4) is 0 Å². The van der Waals surface area contributed by atoms with Gasteiger partial charge in [-0.1, -0.05) is 0 Å². The second kappa shape index (κ2) is 10.4. The molecule has 1 aromatic carbocycles. The van der Waals surface area contributed by atoms with Crippen molar-refractivity contribution in [2.24, 2.45) is 5.92 Å². The number of halogens is 1. The van der Waals surface area contributed by atoms with Gasteiger partial charge in [-0.05, 0) is 60.9 Å². The monoisotopic (exact) mass is 596 g/mol. The lowest BCUT2D eigenvalue weighted by Gasteiger charge is -2.08. The van der Waals surface area contributed by atoms with Crippen LogP contribution in [0, 0.1) is 11.7 Å². The molecule has 1 aliphatic rings.